The van der Waals surface area contributed by atoms with E-state index in [-0.39, 0.29) is 43.1 Å². The summed E-state index contributed by atoms with van der Waals surface area (Å²) in [5.41, 5.74) is 4.15. The largest absolute Gasteiger partial charge is 0.494 e. The first-order chi connectivity index (χ1) is 18.4. The summed E-state index contributed by atoms with van der Waals surface area (Å²) in [5, 5.41) is 2.85. The van der Waals surface area contributed by atoms with E-state index < -0.39 is 0 Å². The lowest BCUT2D eigenvalue weighted by atomic mass is 9.87. The van der Waals surface area contributed by atoms with Crippen LogP contribution in [0.5, 0.6) is 11.5 Å². The van der Waals surface area contributed by atoms with Crippen LogP contribution in [0.25, 0.3) is 0 Å². The average Bonchev–Trinajstić information content (AvgIpc) is 2.90. The van der Waals surface area contributed by atoms with Gasteiger partial charge in [0.2, 0.25) is 5.91 Å². The fourth-order valence-electron chi connectivity index (χ4n) is 5.18. The zero-order valence-electron chi connectivity index (χ0n) is 21.7. The summed E-state index contributed by atoms with van der Waals surface area (Å²) in [6.07, 6.45) is 1.50. The number of fused-ring (bicyclic) bond motifs is 8. The lowest BCUT2D eigenvalue weighted by Gasteiger charge is -2.38. The van der Waals surface area contributed by atoms with Crippen molar-refractivity contribution in [3.8, 4) is 11.5 Å². The van der Waals surface area contributed by atoms with Gasteiger partial charge in [-0.3, -0.25) is 14.2 Å². The van der Waals surface area contributed by atoms with Crippen molar-refractivity contribution in [1.29, 1.82) is 0 Å². The number of amides is 2. The predicted octanol–water partition coefficient (Wildman–Crippen LogP) is 2.70. The van der Waals surface area contributed by atoms with Gasteiger partial charge in [-0.1, -0.05) is 18.2 Å². The van der Waals surface area contributed by atoms with Crippen LogP contribution in [0.1, 0.15) is 47.0 Å². The van der Waals surface area contributed by atoms with E-state index in [4.69, 9.17) is 9.47 Å². The van der Waals surface area contributed by atoms with E-state index in [0.717, 1.165) is 22.4 Å². The third-order valence-corrected chi connectivity index (χ3v) is 7.01. The zero-order chi connectivity index (χ0) is 26.6. The lowest BCUT2D eigenvalue weighted by Crippen LogP contribution is -2.41. The molecular formula is C29H32N4O5. The van der Waals surface area contributed by atoms with Gasteiger partial charge in [0.25, 0.3) is 5.91 Å². The van der Waals surface area contributed by atoms with Gasteiger partial charge in [0.15, 0.2) is 6.61 Å². The number of benzene rings is 2. The van der Waals surface area contributed by atoms with Crippen molar-refractivity contribution >= 4 is 11.8 Å². The Morgan fingerprint density at radius 1 is 1.08 bits per heavy atom. The highest BCUT2D eigenvalue weighted by Gasteiger charge is 2.32. The Morgan fingerprint density at radius 2 is 1.92 bits per heavy atom. The van der Waals surface area contributed by atoms with Gasteiger partial charge in [-0.15, -0.1) is 0 Å². The number of hydrogen-bond donors (Lipinski definition) is 1. The molecule has 2 amide bonds. The van der Waals surface area contributed by atoms with Gasteiger partial charge >= 0.3 is 5.69 Å². The first kappa shape index (κ1) is 25.5. The molecular weight excluding hydrogens is 484 g/mol. The first-order valence-corrected chi connectivity index (χ1v) is 13.0. The second-order valence-corrected chi connectivity index (χ2v) is 9.74. The molecule has 3 aliphatic heterocycles. The minimum atomic E-state index is -0.338. The molecule has 0 aliphatic carbocycles. The van der Waals surface area contributed by atoms with E-state index in [1.165, 1.54) is 0 Å². The van der Waals surface area contributed by atoms with Crippen molar-refractivity contribution in [2.75, 3.05) is 26.3 Å². The summed E-state index contributed by atoms with van der Waals surface area (Å²) in [7, 11) is 0. The Hall–Kier alpha value is -4.14. The van der Waals surface area contributed by atoms with Crippen molar-refractivity contribution in [3.05, 3.63) is 87.1 Å². The summed E-state index contributed by atoms with van der Waals surface area (Å²) >= 11 is 0. The Bertz CT molecular complexity index is 1420. The van der Waals surface area contributed by atoms with Crippen LogP contribution in [0, 0.1) is 13.8 Å². The molecule has 0 spiro atoms. The molecule has 4 heterocycles. The van der Waals surface area contributed by atoms with Crippen LogP contribution in [-0.2, 0) is 22.6 Å². The van der Waals surface area contributed by atoms with Gasteiger partial charge in [0, 0.05) is 37.4 Å². The second-order valence-electron chi connectivity index (χ2n) is 9.74. The zero-order valence-corrected chi connectivity index (χ0v) is 21.7. The molecule has 0 saturated carbocycles. The standard InChI is InChI=1S/C29H32N4O5/c1-19-15-20(2)32(29(36)31-19)13-10-27(35)33-12-9-21-16-24-7-8-25(21)28(33)22-5-3-6-23(17-22)37-14-4-11-30-26(34)18-38-24/h3,5-8,15-17,28H,4,9-14,18H2,1-2H3,(H,30,34). The van der Waals surface area contributed by atoms with Crippen molar-refractivity contribution in [3.63, 3.8) is 0 Å². The molecule has 3 aromatic rings. The van der Waals surface area contributed by atoms with Crippen molar-refractivity contribution in [2.45, 2.75) is 45.7 Å². The van der Waals surface area contributed by atoms with E-state index in [0.29, 0.717) is 49.7 Å². The van der Waals surface area contributed by atoms with Crippen LogP contribution in [0.4, 0.5) is 0 Å². The second kappa shape index (κ2) is 11.1. The fraction of sp³-hybridized carbons (Fsp3) is 0.379. The molecule has 1 unspecified atom stereocenters. The molecule has 1 N–H and O–H groups in total. The lowest BCUT2D eigenvalue weighted by molar-refractivity contribution is -0.133. The molecule has 6 rings (SSSR count). The van der Waals surface area contributed by atoms with Crippen LogP contribution in [0.2, 0.25) is 0 Å². The Kier molecular flexibility index (Phi) is 7.44. The van der Waals surface area contributed by atoms with E-state index >= 15 is 0 Å². The fourth-order valence-corrected chi connectivity index (χ4v) is 5.18. The Balaban J connectivity index is 1.47. The number of hydrogen-bond acceptors (Lipinski definition) is 6. The predicted molar refractivity (Wildman–Crippen MR) is 141 cm³/mol. The number of rotatable bonds is 3. The normalized spacial score (nSPS) is 17.4. The molecule has 198 valence electrons. The number of nitrogens with zero attached hydrogens (tertiary/aromatic N) is 3. The highest BCUT2D eigenvalue weighted by atomic mass is 16.5. The molecule has 3 aliphatic rings. The third-order valence-electron chi connectivity index (χ3n) is 7.01. The summed E-state index contributed by atoms with van der Waals surface area (Å²) in [5.74, 6) is 1.13. The van der Waals surface area contributed by atoms with Crippen molar-refractivity contribution < 1.29 is 19.1 Å². The summed E-state index contributed by atoms with van der Waals surface area (Å²) < 4.78 is 13.3. The number of ether oxygens (including phenoxy) is 2. The minimum absolute atomic E-state index is 0.0368. The summed E-state index contributed by atoms with van der Waals surface area (Å²) in [6.45, 7) is 5.32. The van der Waals surface area contributed by atoms with Gasteiger partial charge in [-0.25, -0.2) is 4.79 Å². The van der Waals surface area contributed by atoms with Crippen LogP contribution >= 0.6 is 0 Å². The van der Waals surface area contributed by atoms with E-state index in [9.17, 15) is 14.4 Å². The molecule has 1 atom stereocenters. The van der Waals surface area contributed by atoms with Gasteiger partial charge in [0.05, 0.1) is 12.6 Å². The SMILES string of the molecule is Cc1cc(C)n(CCC(=O)N2CCc3cc4ccc3C2c2cccc(c2)OCCCNC(=O)CO4)c(=O)n1. The van der Waals surface area contributed by atoms with Gasteiger partial charge in [0.1, 0.15) is 11.5 Å². The molecule has 1 aromatic heterocycles. The number of aromatic nitrogens is 2. The first-order valence-electron chi connectivity index (χ1n) is 13.0. The average molecular weight is 517 g/mol. The van der Waals surface area contributed by atoms with Crippen LogP contribution < -0.4 is 20.5 Å². The maximum absolute atomic E-state index is 13.7. The molecule has 38 heavy (non-hydrogen) atoms. The monoisotopic (exact) mass is 516 g/mol. The van der Waals surface area contributed by atoms with Crippen LogP contribution in [0.15, 0.2) is 53.3 Å². The molecule has 0 radical (unpaired) electrons. The van der Waals surface area contributed by atoms with Crippen LogP contribution in [0.3, 0.4) is 0 Å². The summed E-state index contributed by atoms with van der Waals surface area (Å²) in [4.78, 5) is 44.1. The topological polar surface area (TPSA) is 103 Å². The van der Waals surface area contributed by atoms with E-state index in [1.807, 2.05) is 60.4 Å². The Labute approximate surface area is 221 Å². The van der Waals surface area contributed by atoms with E-state index in [1.54, 1.807) is 11.5 Å². The van der Waals surface area contributed by atoms with Gasteiger partial charge in [-0.05, 0) is 73.7 Å². The highest BCUT2D eigenvalue weighted by molar-refractivity contribution is 5.78. The minimum Gasteiger partial charge on any atom is -0.494 e. The quantitative estimate of drug-likeness (QED) is 0.574. The Morgan fingerprint density at radius 3 is 2.76 bits per heavy atom. The van der Waals surface area contributed by atoms with Crippen LogP contribution in [-0.4, -0.2) is 52.6 Å². The summed E-state index contributed by atoms with van der Waals surface area (Å²) in [6, 6.07) is 15.2. The number of carbonyl (C=O) groups excluding carboxylic acids is 2. The molecule has 9 heteroatoms. The molecule has 6 bridgehead atoms. The smallest absolute Gasteiger partial charge is 0.347 e. The maximum atomic E-state index is 13.7. The van der Waals surface area contributed by atoms with Gasteiger partial charge < -0.3 is 19.7 Å². The molecule has 0 saturated heterocycles. The third kappa shape index (κ3) is 5.56. The molecule has 0 fully saturated rings. The number of nitrogens with one attached hydrogen (secondary N) is 1. The highest BCUT2D eigenvalue weighted by Crippen LogP contribution is 2.38. The van der Waals surface area contributed by atoms with E-state index in [2.05, 4.69) is 10.3 Å². The van der Waals surface area contributed by atoms with Crippen molar-refractivity contribution in [2.24, 2.45) is 0 Å². The maximum Gasteiger partial charge on any atom is 0.347 e. The van der Waals surface area contributed by atoms with Crippen molar-refractivity contribution in [1.82, 2.24) is 19.8 Å². The van der Waals surface area contributed by atoms with Gasteiger partial charge in [-0.2, -0.15) is 4.98 Å². The number of aryl methyl sites for hydroxylation is 2. The molecule has 9 nitrogen and oxygen atoms in total. The molecule has 2 aromatic carbocycles. The number of carbonyl (C=O) groups is 2.